The molecule has 0 amide bonds. The Kier molecular flexibility index (Phi) is 6.47. The van der Waals surface area contributed by atoms with Crippen molar-refractivity contribution >= 4 is 27.0 Å². The van der Waals surface area contributed by atoms with E-state index >= 15 is 0 Å². The summed E-state index contributed by atoms with van der Waals surface area (Å²) in [6, 6.07) is 16.8. The lowest BCUT2D eigenvalue weighted by Crippen LogP contribution is -2.14. The quantitative estimate of drug-likeness (QED) is 0.406. The predicted octanol–water partition coefficient (Wildman–Crippen LogP) is 3.63. The molecule has 4 rings (SSSR count). The molecule has 8 nitrogen and oxygen atoms in total. The Morgan fingerprint density at radius 2 is 1.64 bits per heavy atom. The second-order valence-corrected chi connectivity index (χ2v) is 8.95. The summed E-state index contributed by atoms with van der Waals surface area (Å²) in [5, 5.41) is 8.24. The minimum Gasteiger partial charge on any atom is -0.476 e. The summed E-state index contributed by atoms with van der Waals surface area (Å²) >= 11 is 0. The van der Waals surface area contributed by atoms with E-state index in [4.69, 9.17) is 9.88 Å². The first-order valence-electron chi connectivity index (χ1n) is 10.2. The number of hydrogen-bond acceptors (Lipinski definition) is 7. The summed E-state index contributed by atoms with van der Waals surface area (Å²) in [7, 11) is -3.57. The first kappa shape index (κ1) is 22.6. The first-order chi connectivity index (χ1) is 15.8. The molecule has 0 aliphatic heterocycles. The molecule has 4 aromatic rings. The van der Waals surface area contributed by atoms with Gasteiger partial charge < -0.3 is 10.1 Å². The Labute approximate surface area is 190 Å². The van der Waals surface area contributed by atoms with Gasteiger partial charge in [0.25, 0.3) is 0 Å². The van der Waals surface area contributed by atoms with E-state index in [0.717, 1.165) is 11.1 Å². The molecule has 0 atom stereocenters. The molecule has 0 saturated heterocycles. The highest BCUT2D eigenvalue weighted by Gasteiger charge is 2.12. The number of aromatic nitrogens is 3. The van der Waals surface area contributed by atoms with Crippen molar-refractivity contribution in [3.05, 3.63) is 77.6 Å². The number of nitrogens with zero attached hydrogens (tertiary/aromatic N) is 3. The Morgan fingerprint density at radius 3 is 2.30 bits per heavy atom. The van der Waals surface area contributed by atoms with Crippen LogP contribution in [0.3, 0.4) is 0 Å². The number of nitrogens with two attached hydrogens (primary N) is 1. The molecule has 2 aromatic carbocycles. The average Bonchev–Trinajstić information content (AvgIpc) is 2.78. The molecule has 0 aliphatic carbocycles. The highest BCUT2D eigenvalue weighted by Crippen LogP contribution is 2.27. The number of rotatable bonds is 8. The number of hydrogen-bond donors (Lipinski definition) is 2. The highest BCUT2D eigenvalue weighted by atomic mass is 32.2. The van der Waals surface area contributed by atoms with E-state index in [2.05, 4.69) is 20.3 Å². The Hall–Kier alpha value is -3.63. The van der Waals surface area contributed by atoms with Crippen LogP contribution in [0.25, 0.3) is 22.3 Å². The third-order valence-electron chi connectivity index (χ3n) is 4.77. The largest absolute Gasteiger partial charge is 0.476 e. The van der Waals surface area contributed by atoms with Crippen molar-refractivity contribution in [3.8, 4) is 17.1 Å². The summed E-state index contributed by atoms with van der Waals surface area (Å²) in [6.45, 7) is 2.68. The van der Waals surface area contributed by atoms with Crippen molar-refractivity contribution < 1.29 is 17.5 Å². The monoisotopic (exact) mass is 467 g/mol. The normalized spacial score (nSPS) is 11.5. The number of primary sulfonamides is 1. The zero-order valence-corrected chi connectivity index (χ0v) is 18.6. The van der Waals surface area contributed by atoms with Gasteiger partial charge in [-0.25, -0.2) is 27.9 Å². The highest BCUT2D eigenvalue weighted by molar-refractivity contribution is 7.88. The van der Waals surface area contributed by atoms with Gasteiger partial charge in [0.05, 0.1) is 23.6 Å². The number of sulfonamides is 1. The van der Waals surface area contributed by atoms with E-state index in [-0.39, 0.29) is 11.6 Å². The van der Waals surface area contributed by atoms with Crippen molar-refractivity contribution in [1.29, 1.82) is 0 Å². The fourth-order valence-electron chi connectivity index (χ4n) is 3.25. The van der Waals surface area contributed by atoms with Crippen LogP contribution < -0.4 is 15.2 Å². The number of nitrogens with one attached hydrogen (secondary N) is 1. The van der Waals surface area contributed by atoms with Gasteiger partial charge in [-0.05, 0) is 54.4 Å². The molecule has 10 heteroatoms. The lowest BCUT2D eigenvalue weighted by atomic mass is 10.1. The second-order valence-electron chi connectivity index (χ2n) is 7.33. The number of benzene rings is 2. The molecular formula is C23H22FN5O3S. The second kappa shape index (κ2) is 9.47. The molecule has 0 saturated carbocycles. The summed E-state index contributed by atoms with van der Waals surface area (Å²) in [4.78, 5) is 13.6. The SMILES string of the molecule is CCOc1nc(NCc2ccc(CS(N)(=O)=O)cc2)nc2ccc(-c3ccc(F)cc3)nc12. The van der Waals surface area contributed by atoms with Gasteiger partial charge in [-0.2, -0.15) is 4.98 Å². The van der Waals surface area contributed by atoms with Crippen molar-refractivity contribution in [1.82, 2.24) is 15.0 Å². The van der Waals surface area contributed by atoms with Gasteiger partial charge in [-0.3, -0.25) is 0 Å². The van der Waals surface area contributed by atoms with Gasteiger partial charge in [0, 0.05) is 12.1 Å². The van der Waals surface area contributed by atoms with Gasteiger partial charge in [-0.15, -0.1) is 0 Å². The number of ether oxygens (including phenoxy) is 1. The van der Waals surface area contributed by atoms with Crippen LogP contribution in [0.5, 0.6) is 5.88 Å². The molecule has 0 bridgehead atoms. The smallest absolute Gasteiger partial charge is 0.245 e. The standard InChI is InChI=1S/C23H22FN5O3S/c1-2-32-22-21-20(12-11-19(27-21)17-7-9-18(24)10-8-17)28-23(29-22)26-13-15-3-5-16(6-4-15)14-33(25,30)31/h3-12H,2,13-14H2,1H3,(H2,25,30,31)(H,26,28,29). The van der Waals surface area contributed by atoms with E-state index in [1.807, 2.05) is 31.2 Å². The fourth-order valence-corrected chi connectivity index (χ4v) is 3.91. The molecule has 0 spiro atoms. The van der Waals surface area contributed by atoms with Gasteiger partial charge in [0.2, 0.25) is 21.9 Å². The molecule has 2 aromatic heterocycles. The van der Waals surface area contributed by atoms with Crippen LogP contribution in [0.15, 0.2) is 60.7 Å². The fraction of sp³-hybridized carbons (Fsp3) is 0.174. The zero-order valence-electron chi connectivity index (χ0n) is 17.8. The maximum Gasteiger partial charge on any atom is 0.245 e. The van der Waals surface area contributed by atoms with Crippen molar-refractivity contribution in [2.24, 2.45) is 5.14 Å². The Morgan fingerprint density at radius 1 is 0.939 bits per heavy atom. The van der Waals surface area contributed by atoms with Crippen LogP contribution in [0.4, 0.5) is 10.3 Å². The minimum absolute atomic E-state index is 0.209. The van der Waals surface area contributed by atoms with Crippen LogP contribution in [-0.4, -0.2) is 30.0 Å². The van der Waals surface area contributed by atoms with E-state index in [1.165, 1.54) is 12.1 Å². The van der Waals surface area contributed by atoms with Gasteiger partial charge >= 0.3 is 0 Å². The van der Waals surface area contributed by atoms with Crippen LogP contribution >= 0.6 is 0 Å². The van der Waals surface area contributed by atoms with Crippen molar-refractivity contribution in [3.63, 3.8) is 0 Å². The predicted molar refractivity (Wildman–Crippen MR) is 124 cm³/mol. The Bertz CT molecular complexity index is 1380. The van der Waals surface area contributed by atoms with E-state index in [9.17, 15) is 12.8 Å². The molecule has 33 heavy (non-hydrogen) atoms. The molecule has 2 heterocycles. The van der Waals surface area contributed by atoms with Crippen LogP contribution in [0.1, 0.15) is 18.1 Å². The lowest BCUT2D eigenvalue weighted by Gasteiger charge is -2.11. The lowest BCUT2D eigenvalue weighted by molar-refractivity contribution is 0.330. The van der Waals surface area contributed by atoms with Gasteiger partial charge in [-0.1, -0.05) is 24.3 Å². The third kappa shape index (κ3) is 5.79. The number of pyridine rings is 1. The molecule has 0 aliphatic rings. The minimum atomic E-state index is -3.57. The first-order valence-corrected chi connectivity index (χ1v) is 11.9. The molecule has 0 radical (unpaired) electrons. The maximum atomic E-state index is 13.2. The zero-order chi connectivity index (χ0) is 23.4. The van der Waals surface area contributed by atoms with E-state index in [1.54, 1.807) is 24.3 Å². The van der Waals surface area contributed by atoms with Crippen molar-refractivity contribution in [2.75, 3.05) is 11.9 Å². The third-order valence-corrected chi connectivity index (χ3v) is 5.51. The summed E-state index contributed by atoms with van der Waals surface area (Å²) < 4.78 is 41.4. The van der Waals surface area contributed by atoms with Crippen LogP contribution in [-0.2, 0) is 22.3 Å². The Balaban J connectivity index is 1.57. The molecule has 0 fully saturated rings. The topological polar surface area (TPSA) is 120 Å². The number of fused-ring (bicyclic) bond motifs is 1. The number of anilines is 1. The maximum absolute atomic E-state index is 13.2. The summed E-state index contributed by atoms with van der Waals surface area (Å²) in [5.41, 5.74) is 4.08. The summed E-state index contributed by atoms with van der Waals surface area (Å²) in [6.07, 6.45) is 0. The molecule has 0 unspecified atom stereocenters. The van der Waals surface area contributed by atoms with Crippen LogP contribution in [0.2, 0.25) is 0 Å². The molecule has 3 N–H and O–H groups in total. The van der Waals surface area contributed by atoms with Gasteiger partial charge in [0.1, 0.15) is 5.82 Å². The number of halogens is 1. The molecular weight excluding hydrogens is 445 g/mol. The molecule has 170 valence electrons. The van der Waals surface area contributed by atoms with Gasteiger partial charge in [0.15, 0.2) is 5.52 Å². The van der Waals surface area contributed by atoms with E-state index in [0.29, 0.717) is 47.3 Å². The van der Waals surface area contributed by atoms with Crippen LogP contribution in [0, 0.1) is 5.82 Å². The van der Waals surface area contributed by atoms with E-state index < -0.39 is 10.0 Å². The average molecular weight is 468 g/mol. The van der Waals surface area contributed by atoms with Crippen molar-refractivity contribution in [2.45, 2.75) is 19.2 Å². The summed E-state index contributed by atoms with van der Waals surface area (Å²) in [5.74, 6) is 0.195.